The molecule has 32 heavy (non-hydrogen) atoms. The summed E-state index contributed by atoms with van der Waals surface area (Å²) >= 11 is 0. The highest BCUT2D eigenvalue weighted by atomic mass is 35.5. The summed E-state index contributed by atoms with van der Waals surface area (Å²) < 4.78 is 5.20. The van der Waals surface area contributed by atoms with E-state index in [0.29, 0.717) is 5.56 Å². The van der Waals surface area contributed by atoms with Crippen LogP contribution in [0.25, 0.3) is 0 Å². The number of hydrogen-bond acceptors (Lipinski definition) is 5. The maximum Gasteiger partial charge on any atom is 0.235 e. The number of benzene rings is 2. The van der Waals surface area contributed by atoms with Crippen LogP contribution in [-0.4, -0.2) is 47.1 Å². The van der Waals surface area contributed by atoms with Crippen LogP contribution in [0.1, 0.15) is 35.6 Å². The third-order valence-electron chi connectivity index (χ3n) is 7.01. The molecule has 0 spiro atoms. The number of fused-ring (bicyclic) bond motifs is 3. The molecule has 7 nitrogen and oxygen atoms in total. The first-order valence-electron chi connectivity index (χ1n) is 10.7. The lowest BCUT2D eigenvalue weighted by Crippen LogP contribution is -2.38. The zero-order valence-corrected chi connectivity index (χ0v) is 18.7. The molecule has 0 unspecified atom stereocenters. The summed E-state index contributed by atoms with van der Waals surface area (Å²) in [6, 6.07) is 15.0. The number of nitrogens with zero attached hydrogens (tertiary/aromatic N) is 2. The number of imide groups is 1. The highest BCUT2D eigenvalue weighted by molar-refractivity contribution is 6.06. The molecule has 0 radical (unpaired) electrons. The second-order valence-corrected chi connectivity index (χ2v) is 8.59. The molecular weight excluding hydrogens is 428 g/mol. The van der Waals surface area contributed by atoms with E-state index in [2.05, 4.69) is 4.90 Å². The summed E-state index contributed by atoms with van der Waals surface area (Å²) in [7, 11) is 1.61. The fraction of sp³-hybridized carbons (Fsp3) is 0.375. The van der Waals surface area contributed by atoms with E-state index in [9.17, 15) is 9.59 Å². The van der Waals surface area contributed by atoms with Crippen molar-refractivity contribution in [2.45, 2.75) is 31.5 Å². The lowest BCUT2D eigenvalue weighted by atomic mass is 9.85. The average Bonchev–Trinajstić information content (AvgIpc) is 3.43. The minimum absolute atomic E-state index is 0. The van der Waals surface area contributed by atoms with Gasteiger partial charge in [0.25, 0.3) is 0 Å². The van der Waals surface area contributed by atoms with Crippen molar-refractivity contribution in [2.24, 2.45) is 17.6 Å². The SMILES string of the molecule is COc1ccc(CN2C(=O)[C@@H]3[C@H](C2=O)[C@H](c2ccc(C(=N)N)cc2)N2CCC[C@@H]32)cc1.Cl. The average molecular weight is 455 g/mol. The molecule has 2 aromatic rings. The third-order valence-corrected chi connectivity index (χ3v) is 7.01. The minimum Gasteiger partial charge on any atom is -0.497 e. The Labute approximate surface area is 193 Å². The number of amidine groups is 1. The number of carbonyl (C=O) groups is 2. The Balaban J connectivity index is 0.00000245. The Morgan fingerprint density at radius 3 is 2.34 bits per heavy atom. The van der Waals surface area contributed by atoms with Crippen molar-refractivity contribution < 1.29 is 14.3 Å². The predicted octanol–water partition coefficient (Wildman–Crippen LogP) is 2.72. The fourth-order valence-corrected chi connectivity index (χ4v) is 5.59. The van der Waals surface area contributed by atoms with E-state index in [0.717, 1.165) is 36.3 Å². The number of amides is 2. The molecule has 0 saturated carbocycles. The quantitative estimate of drug-likeness (QED) is 0.411. The summed E-state index contributed by atoms with van der Waals surface area (Å²) in [5, 5.41) is 7.62. The Bertz CT molecular complexity index is 1040. The number of halogens is 1. The zero-order valence-electron chi connectivity index (χ0n) is 17.9. The molecule has 3 aliphatic heterocycles. The maximum absolute atomic E-state index is 13.5. The molecule has 3 saturated heterocycles. The van der Waals surface area contributed by atoms with Gasteiger partial charge in [0.2, 0.25) is 11.8 Å². The highest BCUT2D eigenvalue weighted by Gasteiger charge is 2.62. The normalized spacial score (nSPS) is 26.6. The topological polar surface area (TPSA) is 99.7 Å². The lowest BCUT2D eigenvalue weighted by molar-refractivity contribution is -0.142. The Hall–Kier alpha value is -2.90. The van der Waals surface area contributed by atoms with Crippen molar-refractivity contribution in [3.05, 3.63) is 65.2 Å². The van der Waals surface area contributed by atoms with Gasteiger partial charge in [-0.2, -0.15) is 0 Å². The molecule has 2 amide bonds. The number of likely N-dealkylation sites (tertiary alicyclic amines) is 1. The fourth-order valence-electron chi connectivity index (χ4n) is 5.59. The maximum atomic E-state index is 13.5. The highest BCUT2D eigenvalue weighted by Crippen LogP contribution is 2.53. The molecule has 0 aliphatic carbocycles. The van der Waals surface area contributed by atoms with Crippen LogP contribution in [0.4, 0.5) is 0 Å². The van der Waals surface area contributed by atoms with E-state index in [1.165, 1.54) is 4.90 Å². The van der Waals surface area contributed by atoms with Gasteiger partial charge in [0.05, 0.1) is 25.5 Å². The number of nitrogen functional groups attached to an aromatic ring is 1. The van der Waals surface area contributed by atoms with Gasteiger partial charge in [-0.25, -0.2) is 0 Å². The number of methoxy groups -OCH3 is 1. The Morgan fingerprint density at radius 1 is 1.06 bits per heavy atom. The predicted molar refractivity (Wildman–Crippen MR) is 123 cm³/mol. The van der Waals surface area contributed by atoms with Crippen molar-refractivity contribution >= 4 is 30.1 Å². The van der Waals surface area contributed by atoms with Crippen LogP contribution in [0.15, 0.2) is 48.5 Å². The van der Waals surface area contributed by atoms with Crippen molar-refractivity contribution in [3.8, 4) is 5.75 Å². The molecule has 4 atom stereocenters. The Kier molecular flexibility index (Phi) is 5.97. The summed E-state index contributed by atoms with van der Waals surface area (Å²) in [4.78, 5) is 30.7. The Morgan fingerprint density at radius 2 is 1.72 bits per heavy atom. The summed E-state index contributed by atoms with van der Waals surface area (Å²) in [6.45, 7) is 1.19. The summed E-state index contributed by atoms with van der Waals surface area (Å²) in [5.74, 6) is -0.0144. The lowest BCUT2D eigenvalue weighted by Gasteiger charge is -2.29. The van der Waals surface area contributed by atoms with Crippen LogP contribution >= 0.6 is 12.4 Å². The van der Waals surface area contributed by atoms with Crippen molar-refractivity contribution in [2.75, 3.05) is 13.7 Å². The van der Waals surface area contributed by atoms with Gasteiger partial charge in [0, 0.05) is 17.6 Å². The van der Waals surface area contributed by atoms with Crippen molar-refractivity contribution in [3.63, 3.8) is 0 Å². The standard InChI is InChI=1S/C24H26N4O3.ClH/c1-31-17-10-4-14(5-11-17)13-28-23(29)19-18-3-2-12-27(18)21(20(19)24(28)30)15-6-8-16(9-7-15)22(25)26;/h4-11,18-21H,2-3,12-13H2,1H3,(H3,25,26);1H/t18-,19-,20-,21-;/m0./s1. The minimum atomic E-state index is -0.362. The first-order valence-corrected chi connectivity index (χ1v) is 10.7. The molecule has 8 heteroatoms. The van der Waals surface area contributed by atoms with Crippen LogP contribution in [0.3, 0.4) is 0 Å². The third kappa shape index (κ3) is 3.45. The second-order valence-electron chi connectivity index (χ2n) is 8.59. The molecule has 3 heterocycles. The van der Waals surface area contributed by atoms with Gasteiger partial charge in [0.1, 0.15) is 11.6 Å². The molecule has 2 aromatic carbocycles. The van der Waals surface area contributed by atoms with Gasteiger partial charge in [-0.15, -0.1) is 12.4 Å². The molecule has 0 aromatic heterocycles. The molecule has 0 bridgehead atoms. The number of carbonyl (C=O) groups excluding carboxylic acids is 2. The van der Waals surface area contributed by atoms with Crippen LogP contribution in [0.2, 0.25) is 0 Å². The molecule has 3 N–H and O–H groups in total. The summed E-state index contributed by atoms with van der Waals surface area (Å²) in [6.07, 6.45) is 1.98. The number of nitrogens with two attached hydrogens (primary N) is 1. The first kappa shape index (κ1) is 22.3. The molecular formula is C24H27ClN4O3. The van der Waals surface area contributed by atoms with Gasteiger partial charge >= 0.3 is 0 Å². The first-order chi connectivity index (χ1) is 15.0. The van der Waals surface area contributed by atoms with E-state index < -0.39 is 0 Å². The molecule has 3 fully saturated rings. The molecule has 3 aliphatic rings. The van der Waals surface area contributed by atoms with Crippen molar-refractivity contribution in [1.82, 2.24) is 9.80 Å². The van der Waals surface area contributed by atoms with Gasteiger partial charge in [-0.1, -0.05) is 36.4 Å². The smallest absolute Gasteiger partial charge is 0.235 e. The number of hydrogen-bond donors (Lipinski definition) is 2. The van der Waals surface area contributed by atoms with Crippen LogP contribution < -0.4 is 10.5 Å². The zero-order chi connectivity index (χ0) is 21.7. The van der Waals surface area contributed by atoms with Crippen LogP contribution in [-0.2, 0) is 16.1 Å². The summed E-state index contributed by atoms with van der Waals surface area (Å²) in [5.41, 5.74) is 8.18. The monoisotopic (exact) mass is 454 g/mol. The van der Waals surface area contributed by atoms with E-state index in [1.54, 1.807) is 7.11 Å². The van der Waals surface area contributed by atoms with E-state index >= 15 is 0 Å². The van der Waals surface area contributed by atoms with Gasteiger partial charge in [-0.05, 0) is 42.6 Å². The van der Waals surface area contributed by atoms with Gasteiger partial charge < -0.3 is 10.5 Å². The van der Waals surface area contributed by atoms with Crippen molar-refractivity contribution in [1.29, 1.82) is 5.41 Å². The van der Waals surface area contributed by atoms with E-state index in [4.69, 9.17) is 15.9 Å². The largest absolute Gasteiger partial charge is 0.497 e. The molecule has 168 valence electrons. The molecule has 5 rings (SSSR count). The second kappa shape index (κ2) is 8.56. The van der Waals surface area contributed by atoms with Crippen LogP contribution in [0.5, 0.6) is 5.75 Å². The number of rotatable bonds is 5. The number of ether oxygens (including phenoxy) is 1. The van der Waals surface area contributed by atoms with Gasteiger partial charge in [-0.3, -0.25) is 24.8 Å². The van der Waals surface area contributed by atoms with Gasteiger partial charge in [0.15, 0.2) is 0 Å². The van der Waals surface area contributed by atoms with E-state index in [-0.39, 0.29) is 60.5 Å². The van der Waals surface area contributed by atoms with Crippen LogP contribution in [0, 0.1) is 17.2 Å². The number of nitrogens with one attached hydrogen (secondary N) is 1. The van der Waals surface area contributed by atoms with E-state index in [1.807, 2.05) is 48.5 Å².